The van der Waals surface area contributed by atoms with Crippen LogP contribution in [0.1, 0.15) is 0 Å². The lowest BCUT2D eigenvalue weighted by Crippen LogP contribution is -1.97. The molecule has 0 aliphatic heterocycles. The summed E-state index contributed by atoms with van der Waals surface area (Å²) < 4.78 is 2.50. The number of hydrogen-bond donors (Lipinski definition) is 0. The van der Waals surface area contributed by atoms with Crippen molar-refractivity contribution in [1.29, 1.82) is 0 Å². The molecule has 0 radical (unpaired) electrons. The van der Waals surface area contributed by atoms with Crippen LogP contribution in [0.25, 0.3) is 93.9 Å². The maximum atomic E-state index is 2.50. The molecule has 8 aromatic carbocycles. The molecule has 10 rings (SSSR count). The molecule has 1 aliphatic carbocycles. The number of fused-ring (bicyclic) bond motifs is 2. The van der Waals surface area contributed by atoms with Crippen LogP contribution in [0, 0.1) is 0 Å². The van der Waals surface area contributed by atoms with Crippen molar-refractivity contribution in [2.24, 2.45) is 0 Å². The third kappa shape index (κ3) is 3.90. The number of aromatic nitrogens is 1. The molecule has 1 heteroatoms. The van der Waals surface area contributed by atoms with Crippen LogP contribution in [-0.4, -0.2) is 4.57 Å². The molecule has 0 atom stereocenters. The molecule has 9 aromatic rings. The molecule has 218 valence electrons. The minimum Gasteiger partial charge on any atom is -0.309 e. The molecule has 0 N–H and O–H groups in total. The third-order valence-corrected chi connectivity index (χ3v) is 9.91. The van der Waals surface area contributed by atoms with Crippen molar-refractivity contribution < 1.29 is 0 Å². The molecule has 1 aromatic heterocycles. The lowest BCUT2D eigenvalue weighted by atomic mass is 9.92. The van der Waals surface area contributed by atoms with Crippen LogP contribution in [-0.2, 0) is 0 Å². The molecular weight excluding hydrogens is 567 g/mol. The lowest BCUT2D eigenvalue weighted by Gasteiger charge is -2.17. The zero-order valence-corrected chi connectivity index (χ0v) is 25.7. The first-order valence-corrected chi connectivity index (χ1v) is 16.3. The Kier molecular flexibility index (Phi) is 5.64. The molecule has 0 fully saturated rings. The van der Waals surface area contributed by atoms with Crippen molar-refractivity contribution in [1.82, 2.24) is 4.57 Å². The van der Waals surface area contributed by atoms with Gasteiger partial charge in [-0.1, -0.05) is 146 Å². The van der Waals surface area contributed by atoms with E-state index in [2.05, 4.69) is 180 Å². The fourth-order valence-electron chi connectivity index (χ4n) is 7.88. The lowest BCUT2D eigenvalue weighted by molar-refractivity contribution is 1.18. The summed E-state index contributed by atoms with van der Waals surface area (Å²) in [5, 5.41) is 5.23. The van der Waals surface area contributed by atoms with Crippen molar-refractivity contribution in [2.75, 3.05) is 0 Å². The van der Waals surface area contributed by atoms with Gasteiger partial charge in [-0.05, 0) is 96.7 Å². The summed E-state index contributed by atoms with van der Waals surface area (Å²) in [6, 6.07) is 64.5. The number of hydrogen-bond acceptors (Lipinski definition) is 0. The molecule has 0 spiro atoms. The van der Waals surface area contributed by atoms with Gasteiger partial charge in [-0.3, -0.25) is 0 Å². The van der Waals surface area contributed by atoms with Crippen molar-refractivity contribution in [3.63, 3.8) is 0 Å². The van der Waals surface area contributed by atoms with Crippen LogP contribution >= 0.6 is 0 Å². The minimum atomic E-state index is 1.16. The largest absolute Gasteiger partial charge is 0.309 e. The smallest absolute Gasteiger partial charge is 0.0553 e. The quantitative estimate of drug-likeness (QED) is 0.191. The summed E-state index contributed by atoms with van der Waals surface area (Å²) in [6.07, 6.45) is 0. The van der Waals surface area contributed by atoms with Crippen LogP contribution in [0.5, 0.6) is 0 Å². The predicted molar refractivity (Wildman–Crippen MR) is 199 cm³/mol. The first kappa shape index (κ1) is 26.1. The summed E-state index contributed by atoms with van der Waals surface area (Å²) in [5.41, 5.74) is 16.1. The highest BCUT2D eigenvalue weighted by Gasteiger charge is 2.26. The van der Waals surface area contributed by atoms with Crippen LogP contribution in [0.3, 0.4) is 0 Å². The third-order valence-electron chi connectivity index (χ3n) is 9.91. The van der Waals surface area contributed by atoms with Crippen LogP contribution in [0.4, 0.5) is 0 Å². The Bertz CT molecular complexity index is 2640. The van der Waals surface area contributed by atoms with Gasteiger partial charge in [0.25, 0.3) is 0 Å². The van der Waals surface area contributed by atoms with E-state index in [1.807, 2.05) is 0 Å². The van der Waals surface area contributed by atoms with Gasteiger partial charge in [0, 0.05) is 16.5 Å². The Labute approximate surface area is 273 Å². The van der Waals surface area contributed by atoms with Crippen molar-refractivity contribution in [2.45, 2.75) is 0 Å². The fraction of sp³-hybridized carbons (Fsp3) is 0. The SMILES string of the molecule is c1ccc(-c2cc3c4c5c(cccc5n(-c5ccc(-c6ccccc6)c(-c6ccccc6)c5)c4c2)-c2cccc4cccc-3c24)cc1. The zero-order chi connectivity index (χ0) is 30.9. The van der Waals surface area contributed by atoms with Gasteiger partial charge < -0.3 is 4.57 Å². The monoisotopic (exact) mass is 595 g/mol. The molecule has 0 saturated carbocycles. The average Bonchev–Trinajstić information content (AvgIpc) is 3.43. The van der Waals surface area contributed by atoms with Gasteiger partial charge in [-0.15, -0.1) is 0 Å². The van der Waals surface area contributed by atoms with Gasteiger partial charge in [0.2, 0.25) is 0 Å². The maximum Gasteiger partial charge on any atom is 0.0553 e. The highest BCUT2D eigenvalue weighted by atomic mass is 15.0. The van der Waals surface area contributed by atoms with Crippen molar-refractivity contribution >= 4 is 32.6 Å². The topological polar surface area (TPSA) is 4.93 Å². The fourth-order valence-corrected chi connectivity index (χ4v) is 7.88. The number of nitrogens with zero attached hydrogens (tertiary/aromatic N) is 1. The molecule has 1 heterocycles. The zero-order valence-electron chi connectivity index (χ0n) is 25.7. The number of rotatable bonds is 4. The molecule has 0 amide bonds. The van der Waals surface area contributed by atoms with E-state index in [1.54, 1.807) is 0 Å². The van der Waals surface area contributed by atoms with E-state index in [0.717, 1.165) is 5.69 Å². The normalized spacial score (nSPS) is 11.8. The number of benzene rings is 8. The average molecular weight is 596 g/mol. The van der Waals surface area contributed by atoms with Crippen molar-refractivity contribution in [3.8, 4) is 61.3 Å². The molecule has 0 saturated heterocycles. The Balaban J connectivity index is 1.36. The second kappa shape index (κ2) is 10.2. The Morgan fingerprint density at radius 1 is 0.277 bits per heavy atom. The standard InChI is InChI=1S/C46H29N/c1-4-13-30(14-5-1)34-27-41-39-22-11-20-33-19-10-21-37(44(33)39)38-23-12-24-42-45(38)46(41)43(28-34)47(42)35-25-26-36(31-15-6-2-7-16-31)40(29-35)32-17-8-3-9-18-32/h1-29H. The van der Waals surface area contributed by atoms with Gasteiger partial charge in [-0.25, -0.2) is 0 Å². The summed E-state index contributed by atoms with van der Waals surface area (Å²) in [4.78, 5) is 0. The molecule has 0 unspecified atom stereocenters. The van der Waals surface area contributed by atoms with Crippen LogP contribution < -0.4 is 0 Å². The first-order valence-electron chi connectivity index (χ1n) is 16.3. The van der Waals surface area contributed by atoms with E-state index in [9.17, 15) is 0 Å². The van der Waals surface area contributed by atoms with Gasteiger partial charge >= 0.3 is 0 Å². The highest BCUT2D eigenvalue weighted by Crippen LogP contribution is 2.51. The Morgan fingerprint density at radius 3 is 1.51 bits per heavy atom. The van der Waals surface area contributed by atoms with Crippen LogP contribution in [0.2, 0.25) is 0 Å². The Hall–Kier alpha value is -6.18. The highest BCUT2D eigenvalue weighted by molar-refractivity contribution is 6.27. The molecule has 1 nitrogen and oxygen atoms in total. The Morgan fingerprint density at radius 2 is 0.830 bits per heavy atom. The van der Waals surface area contributed by atoms with Gasteiger partial charge in [0.1, 0.15) is 0 Å². The van der Waals surface area contributed by atoms with Gasteiger partial charge in [0.15, 0.2) is 0 Å². The summed E-state index contributed by atoms with van der Waals surface area (Å²) >= 11 is 0. The second-order valence-electron chi connectivity index (χ2n) is 12.5. The van der Waals surface area contributed by atoms with E-state index in [-0.39, 0.29) is 0 Å². The molecule has 0 bridgehead atoms. The maximum absolute atomic E-state index is 2.50. The van der Waals surface area contributed by atoms with Crippen molar-refractivity contribution in [3.05, 3.63) is 176 Å². The van der Waals surface area contributed by atoms with E-state index in [0.29, 0.717) is 0 Å². The first-order chi connectivity index (χ1) is 23.3. The predicted octanol–water partition coefficient (Wildman–Crippen LogP) is 12.6. The van der Waals surface area contributed by atoms with E-state index < -0.39 is 0 Å². The molecular formula is C46H29N. The van der Waals surface area contributed by atoms with E-state index in [4.69, 9.17) is 0 Å². The van der Waals surface area contributed by atoms with Crippen LogP contribution in [0.15, 0.2) is 176 Å². The summed E-state index contributed by atoms with van der Waals surface area (Å²) in [6.45, 7) is 0. The summed E-state index contributed by atoms with van der Waals surface area (Å²) in [5.74, 6) is 0. The van der Waals surface area contributed by atoms with E-state index >= 15 is 0 Å². The second-order valence-corrected chi connectivity index (χ2v) is 12.5. The molecule has 47 heavy (non-hydrogen) atoms. The molecule has 1 aliphatic rings. The summed E-state index contributed by atoms with van der Waals surface area (Å²) in [7, 11) is 0. The van der Waals surface area contributed by atoms with Gasteiger partial charge in [0.05, 0.1) is 11.0 Å². The van der Waals surface area contributed by atoms with E-state index in [1.165, 1.54) is 88.2 Å². The van der Waals surface area contributed by atoms with Gasteiger partial charge in [-0.2, -0.15) is 0 Å². The minimum absolute atomic E-state index is 1.16.